The van der Waals surface area contributed by atoms with Crippen molar-refractivity contribution in [2.24, 2.45) is 0 Å². The van der Waals surface area contributed by atoms with Gasteiger partial charge >= 0.3 is 0 Å². The van der Waals surface area contributed by atoms with Gasteiger partial charge in [0.05, 0.1) is 14.2 Å². The second-order valence-corrected chi connectivity index (χ2v) is 8.06. The molecule has 6 heteroatoms. The van der Waals surface area contributed by atoms with Crippen LogP contribution in [-0.4, -0.2) is 39.1 Å². The van der Waals surface area contributed by atoms with Crippen molar-refractivity contribution in [3.8, 4) is 11.5 Å². The SMILES string of the molecule is COc1ccc(CCNC(=O)CCCCC(=O)NCC(C)c2ccccc2C)cc1OC. The summed E-state index contributed by atoms with van der Waals surface area (Å²) in [7, 11) is 3.21. The van der Waals surface area contributed by atoms with Gasteiger partial charge in [0.1, 0.15) is 0 Å². The van der Waals surface area contributed by atoms with Gasteiger partial charge in [-0.1, -0.05) is 37.3 Å². The first-order valence-electron chi connectivity index (χ1n) is 11.2. The third kappa shape index (κ3) is 8.25. The summed E-state index contributed by atoms with van der Waals surface area (Å²) in [6, 6.07) is 14.0. The quantitative estimate of drug-likeness (QED) is 0.459. The van der Waals surface area contributed by atoms with E-state index in [4.69, 9.17) is 9.47 Å². The fraction of sp³-hybridized carbons (Fsp3) is 0.462. The van der Waals surface area contributed by atoms with Gasteiger partial charge in [-0.25, -0.2) is 0 Å². The lowest BCUT2D eigenvalue weighted by Gasteiger charge is -2.15. The molecule has 32 heavy (non-hydrogen) atoms. The van der Waals surface area contributed by atoms with Crippen molar-refractivity contribution >= 4 is 11.8 Å². The number of amides is 2. The largest absolute Gasteiger partial charge is 0.493 e. The molecule has 0 bridgehead atoms. The average Bonchev–Trinajstić information content (AvgIpc) is 2.80. The van der Waals surface area contributed by atoms with Gasteiger partial charge in [0, 0.05) is 25.9 Å². The Labute approximate surface area is 191 Å². The van der Waals surface area contributed by atoms with E-state index in [2.05, 4.69) is 36.6 Å². The number of methoxy groups -OCH3 is 2. The molecule has 0 saturated carbocycles. The van der Waals surface area contributed by atoms with Crippen LogP contribution in [0.15, 0.2) is 42.5 Å². The summed E-state index contributed by atoms with van der Waals surface area (Å²) in [6.45, 7) is 5.40. The van der Waals surface area contributed by atoms with Gasteiger partial charge < -0.3 is 20.1 Å². The van der Waals surface area contributed by atoms with Crippen LogP contribution in [0.3, 0.4) is 0 Å². The van der Waals surface area contributed by atoms with Crippen LogP contribution in [0.4, 0.5) is 0 Å². The summed E-state index contributed by atoms with van der Waals surface area (Å²) >= 11 is 0. The molecule has 6 nitrogen and oxygen atoms in total. The Morgan fingerprint density at radius 3 is 2.22 bits per heavy atom. The maximum absolute atomic E-state index is 12.1. The Balaban J connectivity index is 1.58. The number of aryl methyl sites for hydroxylation is 1. The highest BCUT2D eigenvalue weighted by Gasteiger charge is 2.10. The number of unbranched alkanes of at least 4 members (excludes halogenated alkanes) is 1. The molecular formula is C26H36N2O4. The van der Waals surface area contributed by atoms with E-state index in [1.54, 1.807) is 14.2 Å². The first-order valence-corrected chi connectivity index (χ1v) is 11.2. The predicted molar refractivity (Wildman–Crippen MR) is 127 cm³/mol. The Morgan fingerprint density at radius 2 is 1.56 bits per heavy atom. The molecule has 174 valence electrons. The maximum atomic E-state index is 12.1. The molecule has 2 N–H and O–H groups in total. The van der Waals surface area contributed by atoms with Crippen LogP contribution >= 0.6 is 0 Å². The lowest BCUT2D eigenvalue weighted by Crippen LogP contribution is -2.28. The number of nitrogens with one attached hydrogen (secondary N) is 2. The summed E-state index contributed by atoms with van der Waals surface area (Å²) < 4.78 is 10.5. The molecule has 2 aromatic carbocycles. The van der Waals surface area contributed by atoms with E-state index in [1.165, 1.54) is 11.1 Å². The molecule has 2 amide bonds. The van der Waals surface area contributed by atoms with E-state index in [0.717, 1.165) is 5.56 Å². The zero-order valence-corrected chi connectivity index (χ0v) is 19.7. The van der Waals surface area contributed by atoms with Gasteiger partial charge in [-0.15, -0.1) is 0 Å². The minimum absolute atomic E-state index is 0.0130. The van der Waals surface area contributed by atoms with Gasteiger partial charge in [-0.2, -0.15) is 0 Å². The molecular weight excluding hydrogens is 404 g/mol. The molecule has 0 aliphatic rings. The average molecular weight is 441 g/mol. The lowest BCUT2D eigenvalue weighted by atomic mass is 9.96. The fourth-order valence-electron chi connectivity index (χ4n) is 3.65. The number of carbonyl (C=O) groups excluding carboxylic acids is 2. The normalized spacial score (nSPS) is 11.5. The highest BCUT2D eigenvalue weighted by atomic mass is 16.5. The van der Waals surface area contributed by atoms with E-state index in [-0.39, 0.29) is 17.7 Å². The van der Waals surface area contributed by atoms with E-state index in [0.29, 0.717) is 56.7 Å². The molecule has 0 saturated heterocycles. The summed E-state index contributed by atoms with van der Waals surface area (Å²) in [5.74, 6) is 1.70. The summed E-state index contributed by atoms with van der Waals surface area (Å²) in [6.07, 6.45) is 2.99. The minimum atomic E-state index is 0.0130. The first kappa shape index (κ1) is 25.2. The van der Waals surface area contributed by atoms with Gasteiger partial charge in [0.15, 0.2) is 11.5 Å². The summed E-state index contributed by atoms with van der Waals surface area (Å²) in [4.78, 5) is 24.2. The molecule has 0 heterocycles. The molecule has 0 aliphatic carbocycles. The number of benzene rings is 2. The molecule has 1 unspecified atom stereocenters. The molecule has 0 fully saturated rings. The van der Waals surface area contributed by atoms with Gasteiger partial charge in [-0.05, 0) is 60.9 Å². The van der Waals surface area contributed by atoms with Crippen molar-refractivity contribution in [3.63, 3.8) is 0 Å². The van der Waals surface area contributed by atoms with Crippen LogP contribution in [-0.2, 0) is 16.0 Å². The van der Waals surface area contributed by atoms with Gasteiger partial charge in [0.25, 0.3) is 0 Å². The highest BCUT2D eigenvalue weighted by molar-refractivity contribution is 5.77. The molecule has 0 spiro atoms. The Bertz CT molecular complexity index is 882. The fourth-order valence-corrected chi connectivity index (χ4v) is 3.65. The van der Waals surface area contributed by atoms with Crippen LogP contribution in [0, 0.1) is 6.92 Å². The van der Waals surface area contributed by atoms with Crippen molar-refractivity contribution in [2.75, 3.05) is 27.3 Å². The second-order valence-electron chi connectivity index (χ2n) is 8.06. The number of rotatable bonds is 13. The monoisotopic (exact) mass is 440 g/mol. The Hall–Kier alpha value is -3.02. The smallest absolute Gasteiger partial charge is 0.220 e. The van der Waals surface area contributed by atoms with Crippen LogP contribution in [0.25, 0.3) is 0 Å². The van der Waals surface area contributed by atoms with E-state index in [1.807, 2.05) is 30.3 Å². The molecule has 0 radical (unpaired) electrons. The molecule has 1 atom stereocenters. The van der Waals surface area contributed by atoms with Gasteiger partial charge in [-0.3, -0.25) is 9.59 Å². The Morgan fingerprint density at radius 1 is 0.906 bits per heavy atom. The van der Waals surface area contributed by atoms with E-state index in [9.17, 15) is 9.59 Å². The second kappa shape index (κ2) is 13.4. The van der Waals surface area contributed by atoms with Crippen LogP contribution < -0.4 is 20.1 Å². The standard InChI is InChI=1S/C26H36N2O4/c1-19-9-5-6-10-22(19)20(2)18-28-26(30)12-8-7-11-25(29)27-16-15-21-13-14-23(31-3)24(17-21)32-4/h5-6,9-10,13-14,17,20H,7-8,11-12,15-16,18H2,1-4H3,(H,27,29)(H,28,30). The van der Waals surface area contributed by atoms with Crippen LogP contribution in [0.5, 0.6) is 11.5 Å². The summed E-state index contributed by atoms with van der Waals surface area (Å²) in [5.41, 5.74) is 3.57. The first-order chi connectivity index (χ1) is 15.4. The van der Waals surface area contributed by atoms with Crippen molar-refractivity contribution in [1.29, 1.82) is 0 Å². The highest BCUT2D eigenvalue weighted by Crippen LogP contribution is 2.27. The predicted octanol–water partition coefficient (Wildman–Crippen LogP) is 4.15. The van der Waals surface area contributed by atoms with Crippen molar-refractivity contribution < 1.29 is 19.1 Å². The number of hydrogen-bond acceptors (Lipinski definition) is 4. The zero-order valence-electron chi connectivity index (χ0n) is 19.7. The van der Waals surface area contributed by atoms with E-state index < -0.39 is 0 Å². The summed E-state index contributed by atoms with van der Waals surface area (Å²) in [5, 5.41) is 5.94. The number of hydrogen-bond donors (Lipinski definition) is 2. The van der Waals surface area contributed by atoms with Crippen LogP contribution in [0.1, 0.15) is 55.2 Å². The van der Waals surface area contributed by atoms with Gasteiger partial charge in [0.2, 0.25) is 11.8 Å². The van der Waals surface area contributed by atoms with Crippen molar-refractivity contribution in [1.82, 2.24) is 10.6 Å². The van der Waals surface area contributed by atoms with Crippen molar-refractivity contribution in [3.05, 3.63) is 59.2 Å². The third-order valence-corrected chi connectivity index (χ3v) is 5.57. The zero-order chi connectivity index (χ0) is 23.3. The molecule has 0 aliphatic heterocycles. The number of carbonyl (C=O) groups is 2. The van der Waals surface area contributed by atoms with E-state index >= 15 is 0 Å². The number of ether oxygens (including phenoxy) is 2. The molecule has 2 rings (SSSR count). The topological polar surface area (TPSA) is 76.7 Å². The lowest BCUT2D eigenvalue weighted by molar-refractivity contribution is -0.123. The maximum Gasteiger partial charge on any atom is 0.220 e. The van der Waals surface area contributed by atoms with Crippen molar-refractivity contribution in [2.45, 2.75) is 51.9 Å². The Kier molecular flexibility index (Phi) is 10.6. The third-order valence-electron chi connectivity index (χ3n) is 5.57. The molecule has 2 aromatic rings. The van der Waals surface area contributed by atoms with Crippen LogP contribution in [0.2, 0.25) is 0 Å². The minimum Gasteiger partial charge on any atom is -0.493 e. The molecule has 0 aromatic heterocycles.